The molecule has 0 aromatic heterocycles. The van der Waals surface area contributed by atoms with Gasteiger partial charge in [-0.25, -0.2) is 0 Å². The summed E-state index contributed by atoms with van der Waals surface area (Å²) in [5, 5.41) is 2.85. The summed E-state index contributed by atoms with van der Waals surface area (Å²) >= 11 is 8.38. The predicted molar refractivity (Wildman–Crippen MR) is 93.5 cm³/mol. The first-order valence-electron chi connectivity index (χ1n) is 6.40. The van der Waals surface area contributed by atoms with Gasteiger partial charge in [0.2, 0.25) is 5.91 Å². The summed E-state index contributed by atoms with van der Waals surface area (Å²) in [4.78, 5) is 12.4. The molecule has 0 saturated carbocycles. The number of nitrogens with one attached hydrogen (secondary N) is 1. The molecule has 0 aliphatic heterocycles. The number of amides is 1. The Hall–Kier alpha value is -1.72. The van der Waals surface area contributed by atoms with Crippen molar-refractivity contribution in [3.63, 3.8) is 0 Å². The number of hydrogen-bond donors (Lipinski definition) is 2. The van der Waals surface area contributed by atoms with Crippen molar-refractivity contribution in [3.05, 3.63) is 63.6 Å². The summed E-state index contributed by atoms with van der Waals surface area (Å²) in [5.74, 6) is -0.0984. The van der Waals surface area contributed by atoms with Crippen LogP contribution in [0.15, 0.2) is 46.9 Å². The van der Waals surface area contributed by atoms with Crippen molar-refractivity contribution in [3.8, 4) is 0 Å². The van der Waals surface area contributed by atoms with Gasteiger partial charge in [-0.15, -0.1) is 0 Å². The van der Waals surface area contributed by atoms with E-state index in [1.165, 1.54) is 5.56 Å². The molecule has 0 atom stereocenters. The van der Waals surface area contributed by atoms with Crippen LogP contribution in [0.25, 0.3) is 0 Å². The number of carbonyl (C=O) groups is 1. The van der Waals surface area contributed by atoms with Crippen LogP contribution in [-0.2, 0) is 11.2 Å². The zero-order chi connectivity index (χ0) is 15.4. The quantitative estimate of drug-likeness (QED) is 0.817. The monoisotopic (exact) mass is 362 g/mol. The molecule has 0 saturated heterocycles. The molecule has 108 valence electrons. The highest BCUT2D eigenvalue weighted by molar-refractivity contribution is 9.10. The molecule has 5 heteroatoms. The molecule has 0 aliphatic carbocycles. The van der Waals surface area contributed by atoms with Gasteiger partial charge in [0.1, 0.15) is 4.99 Å². The van der Waals surface area contributed by atoms with Gasteiger partial charge in [0.25, 0.3) is 0 Å². The first-order valence-corrected chi connectivity index (χ1v) is 7.60. The minimum absolute atomic E-state index is 0.0984. The zero-order valence-electron chi connectivity index (χ0n) is 11.5. The smallest absolute Gasteiger partial charge is 0.228 e. The van der Waals surface area contributed by atoms with E-state index in [9.17, 15) is 4.79 Å². The summed E-state index contributed by atoms with van der Waals surface area (Å²) in [6.45, 7) is 2.01. The van der Waals surface area contributed by atoms with Gasteiger partial charge in [-0.05, 0) is 30.7 Å². The highest BCUT2D eigenvalue weighted by Crippen LogP contribution is 2.21. The lowest BCUT2D eigenvalue weighted by atomic mass is 10.1. The second-order valence-electron chi connectivity index (χ2n) is 4.76. The minimum atomic E-state index is -0.0984. The molecule has 21 heavy (non-hydrogen) atoms. The Morgan fingerprint density at radius 1 is 1.24 bits per heavy atom. The van der Waals surface area contributed by atoms with Gasteiger partial charge in [0, 0.05) is 10.0 Å². The normalized spacial score (nSPS) is 10.2. The van der Waals surface area contributed by atoms with Crippen molar-refractivity contribution in [1.29, 1.82) is 0 Å². The molecule has 2 aromatic carbocycles. The van der Waals surface area contributed by atoms with E-state index >= 15 is 0 Å². The third-order valence-corrected chi connectivity index (χ3v) is 3.72. The summed E-state index contributed by atoms with van der Waals surface area (Å²) in [7, 11) is 0. The van der Waals surface area contributed by atoms with E-state index in [-0.39, 0.29) is 10.9 Å². The summed E-state index contributed by atoms with van der Waals surface area (Å²) in [6, 6.07) is 13.3. The van der Waals surface area contributed by atoms with Crippen LogP contribution in [0.3, 0.4) is 0 Å². The Morgan fingerprint density at radius 3 is 2.52 bits per heavy atom. The van der Waals surface area contributed by atoms with Crippen molar-refractivity contribution in [2.75, 3.05) is 5.32 Å². The van der Waals surface area contributed by atoms with E-state index in [2.05, 4.69) is 21.2 Å². The Kier molecular flexibility index (Phi) is 5.09. The van der Waals surface area contributed by atoms with Gasteiger partial charge in [-0.3, -0.25) is 4.79 Å². The maximum atomic E-state index is 12.1. The number of thiocarbonyl (C=S) groups is 1. The summed E-state index contributed by atoms with van der Waals surface area (Å²) in [5.41, 5.74) is 9.10. The van der Waals surface area contributed by atoms with Crippen molar-refractivity contribution < 1.29 is 4.79 Å². The summed E-state index contributed by atoms with van der Waals surface area (Å²) in [6.07, 6.45) is 0.313. The highest BCUT2D eigenvalue weighted by atomic mass is 79.9. The number of hydrogen-bond acceptors (Lipinski definition) is 2. The van der Waals surface area contributed by atoms with Crippen molar-refractivity contribution in [2.45, 2.75) is 13.3 Å². The molecule has 0 aliphatic rings. The lowest BCUT2D eigenvalue weighted by molar-refractivity contribution is -0.115. The molecule has 0 heterocycles. The van der Waals surface area contributed by atoms with Gasteiger partial charge in [-0.2, -0.15) is 0 Å². The molecule has 1 amide bonds. The molecule has 0 radical (unpaired) electrons. The fourth-order valence-corrected chi connectivity index (χ4v) is 2.45. The molecule has 3 nitrogen and oxygen atoms in total. The molecule has 0 unspecified atom stereocenters. The largest absolute Gasteiger partial charge is 0.389 e. The second-order valence-corrected chi connectivity index (χ2v) is 6.12. The molecular weight excluding hydrogens is 348 g/mol. The average molecular weight is 363 g/mol. The van der Waals surface area contributed by atoms with Crippen LogP contribution in [0.5, 0.6) is 0 Å². The molecule has 0 spiro atoms. The van der Waals surface area contributed by atoms with E-state index in [1.54, 1.807) is 12.1 Å². The number of carbonyl (C=O) groups excluding carboxylic acids is 1. The van der Waals surface area contributed by atoms with Crippen LogP contribution in [0, 0.1) is 6.92 Å². The van der Waals surface area contributed by atoms with Crippen LogP contribution in [-0.4, -0.2) is 10.9 Å². The van der Waals surface area contributed by atoms with Crippen LogP contribution < -0.4 is 11.1 Å². The summed E-state index contributed by atoms with van der Waals surface area (Å²) < 4.78 is 0.863. The van der Waals surface area contributed by atoms with Crippen molar-refractivity contribution in [2.24, 2.45) is 5.73 Å². The predicted octanol–water partition coefficient (Wildman–Crippen LogP) is 3.57. The number of nitrogens with two attached hydrogens (primary N) is 1. The Bertz CT molecular complexity index is 683. The van der Waals surface area contributed by atoms with Crippen LogP contribution in [0.1, 0.15) is 16.7 Å². The van der Waals surface area contributed by atoms with Crippen molar-refractivity contribution >= 4 is 44.7 Å². The number of benzene rings is 2. The van der Waals surface area contributed by atoms with Crippen LogP contribution in [0.4, 0.5) is 5.69 Å². The Labute approximate surface area is 137 Å². The lowest BCUT2D eigenvalue weighted by Crippen LogP contribution is -2.19. The van der Waals surface area contributed by atoms with Crippen molar-refractivity contribution in [1.82, 2.24) is 0 Å². The fourth-order valence-electron chi connectivity index (χ4n) is 1.92. The fraction of sp³-hybridized carbons (Fsp3) is 0.125. The SMILES string of the molecule is Cc1ccc(CC(=O)Nc2ccc(Br)cc2C(N)=S)cc1. The number of aryl methyl sites for hydroxylation is 1. The molecule has 2 rings (SSSR count). The number of halogens is 1. The highest BCUT2D eigenvalue weighted by Gasteiger charge is 2.10. The first kappa shape index (κ1) is 15.7. The van der Waals surface area contributed by atoms with E-state index in [1.807, 2.05) is 37.3 Å². The number of rotatable bonds is 4. The molecule has 2 aromatic rings. The minimum Gasteiger partial charge on any atom is -0.389 e. The zero-order valence-corrected chi connectivity index (χ0v) is 13.9. The third kappa shape index (κ3) is 4.37. The molecule has 0 fully saturated rings. The van der Waals surface area contributed by atoms with Crippen LogP contribution in [0.2, 0.25) is 0 Å². The maximum absolute atomic E-state index is 12.1. The number of anilines is 1. The van der Waals surface area contributed by atoms with E-state index in [0.717, 1.165) is 10.0 Å². The van der Waals surface area contributed by atoms with Gasteiger partial charge in [0.15, 0.2) is 0 Å². The van der Waals surface area contributed by atoms with E-state index in [4.69, 9.17) is 18.0 Å². The van der Waals surface area contributed by atoms with Crippen LogP contribution >= 0.6 is 28.1 Å². The lowest BCUT2D eigenvalue weighted by Gasteiger charge is -2.11. The third-order valence-electron chi connectivity index (χ3n) is 3.01. The van der Waals surface area contributed by atoms with Gasteiger partial charge < -0.3 is 11.1 Å². The van der Waals surface area contributed by atoms with Gasteiger partial charge in [-0.1, -0.05) is 58.0 Å². The maximum Gasteiger partial charge on any atom is 0.228 e. The average Bonchev–Trinajstić information content (AvgIpc) is 2.43. The van der Waals surface area contributed by atoms with E-state index < -0.39 is 0 Å². The van der Waals surface area contributed by atoms with Gasteiger partial charge in [0.05, 0.1) is 12.1 Å². The van der Waals surface area contributed by atoms with E-state index in [0.29, 0.717) is 17.7 Å². The Morgan fingerprint density at radius 2 is 1.90 bits per heavy atom. The standard InChI is InChI=1S/C16H15BrN2OS/c1-10-2-4-11(5-3-10)8-15(20)19-14-7-6-12(17)9-13(14)16(18)21/h2-7,9H,8H2,1H3,(H2,18,21)(H,19,20). The first-order chi connectivity index (χ1) is 9.95. The van der Waals surface area contributed by atoms with Gasteiger partial charge >= 0.3 is 0 Å². The topological polar surface area (TPSA) is 55.1 Å². The molecule has 0 bridgehead atoms. The molecular formula is C16H15BrN2OS. The molecule has 3 N–H and O–H groups in total. The Balaban J connectivity index is 2.12. The second kappa shape index (κ2) is 6.83.